The zero-order valence-corrected chi connectivity index (χ0v) is 13.5. The largest absolute Gasteiger partial charge is 0.496 e. The molecule has 5 nitrogen and oxygen atoms in total. The fourth-order valence-electron chi connectivity index (χ4n) is 2.88. The summed E-state index contributed by atoms with van der Waals surface area (Å²) in [6.45, 7) is 1.82. The van der Waals surface area contributed by atoms with Crippen molar-refractivity contribution in [3.05, 3.63) is 58.0 Å². The Morgan fingerprint density at radius 3 is 2.83 bits per heavy atom. The Morgan fingerprint density at radius 1 is 1.35 bits per heavy atom. The summed E-state index contributed by atoms with van der Waals surface area (Å²) < 4.78 is 6.84. The summed E-state index contributed by atoms with van der Waals surface area (Å²) in [4.78, 5) is 24.0. The first kappa shape index (κ1) is 15.3. The van der Waals surface area contributed by atoms with Crippen molar-refractivity contribution in [3.63, 3.8) is 0 Å². The van der Waals surface area contributed by atoms with Crippen LogP contribution in [0.15, 0.2) is 41.3 Å². The van der Waals surface area contributed by atoms with E-state index < -0.39 is 0 Å². The summed E-state index contributed by atoms with van der Waals surface area (Å²) >= 11 is 0. The number of para-hydroxylation sites is 1. The van der Waals surface area contributed by atoms with Crippen LogP contribution in [0.1, 0.15) is 23.5 Å². The number of nitrogens with zero attached hydrogens (tertiary/aromatic N) is 1. The van der Waals surface area contributed by atoms with Crippen molar-refractivity contribution in [1.82, 2.24) is 4.57 Å². The highest BCUT2D eigenvalue weighted by Gasteiger charge is 2.45. The molecule has 1 aliphatic carbocycles. The van der Waals surface area contributed by atoms with Gasteiger partial charge in [-0.2, -0.15) is 0 Å². The van der Waals surface area contributed by atoms with Gasteiger partial charge in [-0.05, 0) is 36.5 Å². The second-order valence-corrected chi connectivity index (χ2v) is 6.00. The molecule has 1 aromatic carbocycles. The monoisotopic (exact) mass is 312 g/mol. The third-order valence-corrected chi connectivity index (χ3v) is 4.36. The Morgan fingerprint density at radius 2 is 2.09 bits per heavy atom. The number of ether oxygens (including phenoxy) is 1. The molecule has 1 heterocycles. The van der Waals surface area contributed by atoms with Gasteiger partial charge in [-0.15, -0.1) is 0 Å². The van der Waals surface area contributed by atoms with Crippen LogP contribution < -0.4 is 15.6 Å². The molecule has 2 atom stereocenters. The topological polar surface area (TPSA) is 60.3 Å². The van der Waals surface area contributed by atoms with Crippen molar-refractivity contribution >= 4 is 11.6 Å². The van der Waals surface area contributed by atoms with Crippen LogP contribution in [0.5, 0.6) is 5.75 Å². The normalized spacial score (nSPS) is 19.3. The quantitative estimate of drug-likeness (QED) is 0.943. The first-order valence-electron chi connectivity index (χ1n) is 7.62. The van der Waals surface area contributed by atoms with E-state index in [1.807, 2.05) is 31.2 Å². The van der Waals surface area contributed by atoms with Gasteiger partial charge in [0.25, 0.3) is 5.56 Å². The van der Waals surface area contributed by atoms with Gasteiger partial charge in [0, 0.05) is 25.2 Å². The van der Waals surface area contributed by atoms with Crippen LogP contribution in [-0.4, -0.2) is 17.6 Å². The highest BCUT2D eigenvalue weighted by atomic mass is 16.5. The lowest BCUT2D eigenvalue weighted by atomic mass is 10.1. The first-order valence-corrected chi connectivity index (χ1v) is 7.62. The summed E-state index contributed by atoms with van der Waals surface area (Å²) in [5.41, 5.74) is 2.45. The van der Waals surface area contributed by atoms with E-state index in [0.29, 0.717) is 5.69 Å². The van der Waals surface area contributed by atoms with Crippen molar-refractivity contribution in [3.8, 4) is 5.75 Å². The summed E-state index contributed by atoms with van der Waals surface area (Å²) in [7, 11) is 3.32. The molecule has 0 aliphatic heterocycles. The van der Waals surface area contributed by atoms with Gasteiger partial charge in [0.15, 0.2) is 0 Å². The SMILES string of the molecule is COc1ccccc1[C@H]1C[C@H]1C(=O)Nc1cn(C)c(=O)cc1C. The number of nitrogens with one attached hydrogen (secondary N) is 1. The van der Waals surface area contributed by atoms with Gasteiger partial charge >= 0.3 is 0 Å². The van der Waals surface area contributed by atoms with Crippen molar-refractivity contribution < 1.29 is 9.53 Å². The van der Waals surface area contributed by atoms with Crippen LogP contribution in [0.25, 0.3) is 0 Å². The summed E-state index contributed by atoms with van der Waals surface area (Å²) in [6, 6.07) is 9.34. The third kappa shape index (κ3) is 2.99. The Kier molecular flexibility index (Phi) is 3.94. The van der Waals surface area contributed by atoms with E-state index in [1.54, 1.807) is 20.4 Å². The van der Waals surface area contributed by atoms with Crippen molar-refractivity contribution in [1.29, 1.82) is 0 Å². The Labute approximate surface area is 134 Å². The average Bonchev–Trinajstić information content (AvgIpc) is 3.33. The van der Waals surface area contributed by atoms with Gasteiger partial charge in [-0.1, -0.05) is 18.2 Å². The van der Waals surface area contributed by atoms with Gasteiger partial charge in [0.05, 0.1) is 12.8 Å². The van der Waals surface area contributed by atoms with E-state index in [0.717, 1.165) is 23.3 Å². The molecule has 1 aromatic heterocycles. The molecule has 0 bridgehead atoms. The number of rotatable bonds is 4. The number of hydrogen-bond acceptors (Lipinski definition) is 3. The number of hydrogen-bond donors (Lipinski definition) is 1. The minimum absolute atomic E-state index is 0.0114. The number of aryl methyl sites for hydroxylation is 2. The fourth-order valence-corrected chi connectivity index (χ4v) is 2.88. The molecule has 0 radical (unpaired) electrons. The van der Waals surface area contributed by atoms with Gasteiger partial charge in [-0.25, -0.2) is 0 Å². The predicted octanol–water partition coefficient (Wildman–Crippen LogP) is 2.44. The number of carbonyl (C=O) groups excluding carboxylic acids is 1. The molecule has 0 saturated heterocycles. The number of methoxy groups -OCH3 is 1. The maximum atomic E-state index is 12.5. The summed E-state index contributed by atoms with van der Waals surface area (Å²) in [6.07, 6.45) is 2.48. The molecule has 0 spiro atoms. The Bertz CT molecular complexity index is 810. The number of pyridine rings is 1. The molecule has 1 fully saturated rings. The Balaban J connectivity index is 1.74. The second-order valence-electron chi connectivity index (χ2n) is 6.00. The third-order valence-electron chi connectivity index (χ3n) is 4.36. The van der Waals surface area contributed by atoms with Crippen LogP contribution in [0.3, 0.4) is 0 Å². The van der Waals surface area contributed by atoms with E-state index in [9.17, 15) is 9.59 Å². The standard InChI is InChI=1S/C18H20N2O3/c1-11-8-17(21)20(2)10-15(11)19-18(22)14-9-13(14)12-6-4-5-7-16(12)23-3/h4-8,10,13-14H,9H2,1-3H3,(H,19,22)/t13-,14-/m1/s1. The van der Waals surface area contributed by atoms with E-state index in [-0.39, 0.29) is 23.3 Å². The minimum Gasteiger partial charge on any atom is -0.496 e. The van der Waals surface area contributed by atoms with Gasteiger partial charge < -0.3 is 14.6 Å². The van der Waals surface area contributed by atoms with Crippen molar-refractivity contribution in [2.75, 3.05) is 12.4 Å². The zero-order valence-electron chi connectivity index (χ0n) is 13.5. The molecule has 3 rings (SSSR count). The van der Waals surface area contributed by atoms with Crippen LogP contribution in [-0.2, 0) is 11.8 Å². The summed E-state index contributed by atoms with van der Waals surface area (Å²) in [5.74, 6) is 0.954. The van der Waals surface area contributed by atoms with Crippen LogP contribution >= 0.6 is 0 Å². The maximum Gasteiger partial charge on any atom is 0.250 e. The van der Waals surface area contributed by atoms with E-state index in [4.69, 9.17) is 4.74 Å². The van der Waals surface area contributed by atoms with E-state index in [2.05, 4.69) is 5.32 Å². The zero-order chi connectivity index (χ0) is 16.6. The van der Waals surface area contributed by atoms with Crippen molar-refractivity contribution in [2.24, 2.45) is 13.0 Å². The molecular formula is C18H20N2O3. The van der Waals surface area contributed by atoms with Crippen LogP contribution in [0, 0.1) is 12.8 Å². The number of aromatic nitrogens is 1. The predicted molar refractivity (Wildman–Crippen MR) is 88.9 cm³/mol. The Hall–Kier alpha value is -2.56. The molecule has 1 aliphatic rings. The van der Waals surface area contributed by atoms with Crippen LogP contribution in [0.4, 0.5) is 5.69 Å². The van der Waals surface area contributed by atoms with Gasteiger partial charge in [-0.3, -0.25) is 9.59 Å². The van der Waals surface area contributed by atoms with E-state index >= 15 is 0 Å². The number of anilines is 1. The number of carbonyl (C=O) groups is 1. The molecule has 1 amide bonds. The summed E-state index contributed by atoms with van der Waals surface area (Å²) in [5, 5.41) is 2.94. The maximum absolute atomic E-state index is 12.5. The molecule has 0 unspecified atom stereocenters. The number of amides is 1. The van der Waals surface area contributed by atoms with Crippen molar-refractivity contribution in [2.45, 2.75) is 19.3 Å². The second kappa shape index (κ2) is 5.91. The highest BCUT2D eigenvalue weighted by Crippen LogP contribution is 2.50. The van der Waals surface area contributed by atoms with Gasteiger partial charge in [0.1, 0.15) is 5.75 Å². The molecule has 1 saturated carbocycles. The molecule has 23 heavy (non-hydrogen) atoms. The average molecular weight is 312 g/mol. The lowest BCUT2D eigenvalue weighted by molar-refractivity contribution is -0.117. The van der Waals surface area contributed by atoms with Crippen LogP contribution in [0.2, 0.25) is 0 Å². The molecule has 5 heteroatoms. The number of benzene rings is 1. The lowest BCUT2D eigenvalue weighted by Crippen LogP contribution is -2.20. The van der Waals surface area contributed by atoms with E-state index in [1.165, 1.54) is 10.6 Å². The molecule has 2 aromatic rings. The molecule has 1 N–H and O–H groups in total. The lowest BCUT2D eigenvalue weighted by Gasteiger charge is -2.10. The molecular weight excluding hydrogens is 292 g/mol. The fraction of sp³-hybridized carbons (Fsp3) is 0.333. The highest BCUT2D eigenvalue weighted by molar-refractivity contribution is 5.95. The minimum atomic E-state index is -0.0844. The molecule has 120 valence electrons. The van der Waals surface area contributed by atoms with Gasteiger partial charge in [0.2, 0.25) is 5.91 Å². The smallest absolute Gasteiger partial charge is 0.250 e. The first-order chi connectivity index (χ1) is 11.0.